The van der Waals surface area contributed by atoms with Crippen LogP contribution in [0.3, 0.4) is 0 Å². The van der Waals surface area contributed by atoms with Crippen LogP contribution in [0.4, 0.5) is 0 Å². The summed E-state index contributed by atoms with van der Waals surface area (Å²) in [6.07, 6.45) is 8.17. The predicted molar refractivity (Wildman–Crippen MR) is 41.3 cm³/mol. The summed E-state index contributed by atoms with van der Waals surface area (Å²) in [5.74, 6) is 2.32. The normalized spacial score (nSPS) is 9.30. The van der Waals surface area contributed by atoms with E-state index in [9.17, 15) is 4.79 Å². The number of amides is 1. The summed E-state index contributed by atoms with van der Waals surface area (Å²) in [6.45, 7) is 2.16. The van der Waals surface area contributed by atoms with E-state index in [2.05, 4.69) is 5.92 Å². The lowest BCUT2D eigenvalue weighted by Gasteiger charge is -2.09. The highest BCUT2D eigenvalue weighted by Gasteiger charge is 1.99. The Balaban J connectivity index is 3.85. The summed E-state index contributed by atoms with van der Waals surface area (Å²) in [7, 11) is 1.67. The van der Waals surface area contributed by atoms with Crippen LogP contribution in [0.2, 0.25) is 0 Å². The summed E-state index contributed by atoms with van der Waals surface area (Å²) in [5.41, 5.74) is 0. The zero-order valence-corrected chi connectivity index (χ0v) is 6.29. The first-order valence-corrected chi connectivity index (χ1v) is 3.03. The molecule has 0 N–H and O–H groups in total. The van der Waals surface area contributed by atoms with Gasteiger partial charge in [-0.25, -0.2) is 0 Å². The Bertz CT molecular complexity index is 176. The van der Waals surface area contributed by atoms with Gasteiger partial charge in [-0.3, -0.25) is 4.79 Å². The van der Waals surface area contributed by atoms with E-state index in [0.29, 0.717) is 6.54 Å². The van der Waals surface area contributed by atoms with Gasteiger partial charge in [0.2, 0.25) is 5.91 Å². The Morgan fingerprint density at radius 1 is 1.80 bits per heavy atom. The molecule has 0 spiro atoms. The molecular formula is C8H11NO. The van der Waals surface area contributed by atoms with Crippen LogP contribution in [0.5, 0.6) is 0 Å². The average molecular weight is 137 g/mol. The van der Waals surface area contributed by atoms with E-state index in [1.165, 1.54) is 11.0 Å². The van der Waals surface area contributed by atoms with Crippen LogP contribution in [0, 0.1) is 12.3 Å². The molecule has 0 fully saturated rings. The fourth-order valence-electron chi connectivity index (χ4n) is 0.485. The Morgan fingerprint density at radius 2 is 2.40 bits per heavy atom. The van der Waals surface area contributed by atoms with E-state index in [1.54, 1.807) is 20.0 Å². The van der Waals surface area contributed by atoms with Gasteiger partial charge in [0.1, 0.15) is 0 Å². The van der Waals surface area contributed by atoms with E-state index < -0.39 is 0 Å². The lowest BCUT2D eigenvalue weighted by atomic mass is 10.4. The van der Waals surface area contributed by atoms with Gasteiger partial charge in [0.15, 0.2) is 0 Å². The standard InChI is InChI=1S/C8H11NO/c1-4-6-8(10)9(3)7-5-2/h2,4,6H,7H2,1,3H3/b6-4+. The molecule has 0 rings (SSSR count). The van der Waals surface area contributed by atoms with Crippen molar-refractivity contribution >= 4 is 5.91 Å². The molecule has 54 valence electrons. The molecule has 0 aliphatic heterocycles. The third-order valence-corrected chi connectivity index (χ3v) is 1.01. The molecule has 2 heteroatoms. The molecule has 0 bridgehead atoms. The second-order valence-electron chi connectivity index (χ2n) is 1.90. The zero-order chi connectivity index (χ0) is 7.98. The van der Waals surface area contributed by atoms with Crippen LogP contribution >= 0.6 is 0 Å². The Morgan fingerprint density at radius 3 is 2.80 bits per heavy atom. The van der Waals surface area contributed by atoms with Gasteiger partial charge in [0, 0.05) is 7.05 Å². The monoisotopic (exact) mass is 137 g/mol. The zero-order valence-electron chi connectivity index (χ0n) is 6.29. The minimum atomic E-state index is -0.0551. The van der Waals surface area contributed by atoms with Crippen molar-refractivity contribution in [3.63, 3.8) is 0 Å². The molecule has 2 nitrogen and oxygen atoms in total. The van der Waals surface area contributed by atoms with Crippen molar-refractivity contribution in [2.45, 2.75) is 6.92 Å². The van der Waals surface area contributed by atoms with Crippen molar-refractivity contribution < 1.29 is 4.79 Å². The first-order valence-electron chi connectivity index (χ1n) is 3.03. The van der Waals surface area contributed by atoms with Crippen LogP contribution in [-0.4, -0.2) is 24.4 Å². The molecule has 1 amide bonds. The van der Waals surface area contributed by atoms with Crippen molar-refractivity contribution in [1.29, 1.82) is 0 Å². The van der Waals surface area contributed by atoms with Gasteiger partial charge in [0.05, 0.1) is 6.54 Å². The molecular weight excluding hydrogens is 126 g/mol. The summed E-state index contributed by atoms with van der Waals surface area (Å²) in [6, 6.07) is 0. The van der Waals surface area contributed by atoms with E-state index in [4.69, 9.17) is 6.42 Å². The average Bonchev–Trinajstić information content (AvgIpc) is 1.89. The topological polar surface area (TPSA) is 20.3 Å². The van der Waals surface area contributed by atoms with Crippen molar-refractivity contribution in [2.75, 3.05) is 13.6 Å². The largest absolute Gasteiger partial charge is 0.331 e. The number of nitrogens with zero attached hydrogens (tertiary/aromatic N) is 1. The van der Waals surface area contributed by atoms with Crippen molar-refractivity contribution in [2.24, 2.45) is 0 Å². The Labute approximate surface area is 61.5 Å². The van der Waals surface area contributed by atoms with E-state index >= 15 is 0 Å². The molecule has 10 heavy (non-hydrogen) atoms. The molecule has 0 saturated carbocycles. The third-order valence-electron chi connectivity index (χ3n) is 1.01. The van der Waals surface area contributed by atoms with Crippen LogP contribution < -0.4 is 0 Å². The van der Waals surface area contributed by atoms with Gasteiger partial charge in [0.25, 0.3) is 0 Å². The second kappa shape index (κ2) is 4.63. The van der Waals surface area contributed by atoms with E-state index in [0.717, 1.165) is 0 Å². The van der Waals surface area contributed by atoms with Gasteiger partial charge >= 0.3 is 0 Å². The maximum absolute atomic E-state index is 10.9. The molecule has 0 unspecified atom stereocenters. The highest BCUT2D eigenvalue weighted by molar-refractivity contribution is 5.87. The molecule has 0 atom stereocenters. The van der Waals surface area contributed by atoms with Crippen LogP contribution in [0.15, 0.2) is 12.2 Å². The van der Waals surface area contributed by atoms with E-state index in [1.807, 2.05) is 0 Å². The van der Waals surface area contributed by atoms with Gasteiger partial charge in [-0.15, -0.1) is 6.42 Å². The van der Waals surface area contributed by atoms with Crippen LogP contribution in [-0.2, 0) is 4.79 Å². The number of carbonyl (C=O) groups is 1. The number of allylic oxidation sites excluding steroid dienone is 1. The number of carbonyl (C=O) groups excluding carboxylic acids is 1. The molecule has 0 heterocycles. The van der Waals surface area contributed by atoms with E-state index in [-0.39, 0.29) is 5.91 Å². The SMILES string of the molecule is C#CCN(C)C(=O)/C=C/C. The second-order valence-corrected chi connectivity index (χ2v) is 1.90. The maximum Gasteiger partial charge on any atom is 0.246 e. The highest BCUT2D eigenvalue weighted by atomic mass is 16.2. The van der Waals surface area contributed by atoms with Gasteiger partial charge in [-0.2, -0.15) is 0 Å². The van der Waals surface area contributed by atoms with Crippen molar-refractivity contribution in [3.05, 3.63) is 12.2 Å². The van der Waals surface area contributed by atoms with Crippen molar-refractivity contribution in [1.82, 2.24) is 4.90 Å². The Hall–Kier alpha value is -1.23. The molecule has 0 radical (unpaired) electrons. The summed E-state index contributed by atoms with van der Waals surface area (Å²) in [5, 5.41) is 0. The third kappa shape index (κ3) is 2.93. The molecule has 0 aliphatic carbocycles. The predicted octanol–water partition coefficient (Wildman–Crippen LogP) is 0.654. The number of hydrogen-bond acceptors (Lipinski definition) is 1. The summed E-state index contributed by atoms with van der Waals surface area (Å²) >= 11 is 0. The van der Waals surface area contributed by atoms with Gasteiger partial charge in [-0.05, 0) is 13.0 Å². The minimum Gasteiger partial charge on any atom is -0.331 e. The smallest absolute Gasteiger partial charge is 0.246 e. The first kappa shape index (κ1) is 8.77. The lowest BCUT2D eigenvalue weighted by molar-refractivity contribution is -0.124. The van der Waals surface area contributed by atoms with Gasteiger partial charge in [-0.1, -0.05) is 12.0 Å². The molecule has 0 aromatic carbocycles. The fraction of sp³-hybridized carbons (Fsp3) is 0.375. The van der Waals surface area contributed by atoms with Crippen molar-refractivity contribution in [3.8, 4) is 12.3 Å². The molecule has 0 aromatic heterocycles. The number of likely N-dealkylation sites (N-methyl/N-ethyl adjacent to an activating group) is 1. The number of rotatable bonds is 2. The Kier molecular flexibility index (Phi) is 4.06. The molecule has 0 saturated heterocycles. The fourth-order valence-corrected chi connectivity index (χ4v) is 0.485. The molecule has 0 aromatic rings. The quantitative estimate of drug-likeness (QED) is 0.404. The number of hydrogen-bond donors (Lipinski definition) is 0. The van der Waals surface area contributed by atoms with Crippen LogP contribution in [0.1, 0.15) is 6.92 Å². The lowest BCUT2D eigenvalue weighted by Crippen LogP contribution is -2.24. The summed E-state index contributed by atoms with van der Waals surface area (Å²) < 4.78 is 0. The minimum absolute atomic E-state index is 0.0551. The maximum atomic E-state index is 10.9. The first-order chi connectivity index (χ1) is 4.72. The summed E-state index contributed by atoms with van der Waals surface area (Å²) in [4.78, 5) is 12.3. The number of terminal acetylenes is 1. The molecule has 0 aliphatic rings. The van der Waals surface area contributed by atoms with Gasteiger partial charge < -0.3 is 4.90 Å². The highest BCUT2D eigenvalue weighted by Crippen LogP contribution is 1.84. The van der Waals surface area contributed by atoms with Crippen LogP contribution in [0.25, 0.3) is 0 Å².